The molecule has 8 N–H and O–H groups in total. The average Bonchev–Trinajstić information content (AvgIpc) is 3.61. The molecule has 2 aromatic carbocycles. The largest absolute Gasteiger partial charge is 0.480 e. The molecule has 13 heteroatoms. The fraction of sp³-hybridized carbons (Fsp3) is 0.541. The Balaban J connectivity index is 1.60. The lowest BCUT2D eigenvalue weighted by molar-refractivity contribution is -0.149. The van der Waals surface area contributed by atoms with Crippen LogP contribution in [0.1, 0.15) is 75.3 Å². The van der Waals surface area contributed by atoms with Crippen LogP contribution in [0.2, 0.25) is 0 Å². The summed E-state index contributed by atoms with van der Waals surface area (Å²) in [5.74, 6) is -3.99. The predicted octanol–water partition coefficient (Wildman–Crippen LogP) is 2.57. The Bertz CT molecular complexity index is 1360. The van der Waals surface area contributed by atoms with Gasteiger partial charge in [-0.25, -0.2) is 4.79 Å². The number of unbranched alkanes of at least 4 members (excludes halogenated alkanes) is 2. The van der Waals surface area contributed by atoms with Gasteiger partial charge in [0.25, 0.3) is 0 Å². The predicted molar refractivity (Wildman–Crippen MR) is 188 cm³/mol. The van der Waals surface area contributed by atoms with E-state index in [0.717, 1.165) is 11.1 Å². The number of aryl methyl sites for hydroxylation is 2. The molecule has 50 heavy (non-hydrogen) atoms. The maximum atomic E-state index is 13.7. The minimum absolute atomic E-state index is 0.239. The molecule has 2 aromatic rings. The second-order valence-electron chi connectivity index (χ2n) is 12.9. The van der Waals surface area contributed by atoms with Crippen molar-refractivity contribution in [1.29, 1.82) is 0 Å². The fourth-order valence-corrected chi connectivity index (χ4v) is 6.31. The van der Waals surface area contributed by atoms with E-state index in [0.29, 0.717) is 70.8 Å². The average molecular weight is 696 g/mol. The van der Waals surface area contributed by atoms with Crippen LogP contribution in [0.15, 0.2) is 60.7 Å². The lowest BCUT2D eigenvalue weighted by Gasteiger charge is -2.29. The fourth-order valence-electron chi connectivity index (χ4n) is 6.31. The number of carbonyl (C=O) groups excluding carboxylic acids is 2. The first-order valence-electron chi connectivity index (χ1n) is 17.7. The molecule has 0 aromatic heterocycles. The molecular weight excluding hydrogens is 642 g/mol. The van der Waals surface area contributed by atoms with E-state index in [1.165, 1.54) is 4.90 Å². The highest BCUT2D eigenvalue weighted by molar-refractivity contribution is 5.88. The van der Waals surface area contributed by atoms with Crippen molar-refractivity contribution in [3.05, 3.63) is 71.8 Å². The molecule has 1 saturated heterocycles. The molecule has 0 bridgehead atoms. The number of carbonyl (C=O) groups is 5. The Morgan fingerprint density at radius 3 is 1.74 bits per heavy atom. The molecule has 0 saturated carbocycles. The molecule has 1 aliphatic rings. The van der Waals surface area contributed by atoms with Gasteiger partial charge in [0, 0.05) is 13.1 Å². The van der Waals surface area contributed by atoms with Crippen molar-refractivity contribution >= 4 is 29.7 Å². The molecule has 3 rings (SSSR count). The number of rotatable bonds is 24. The topological polar surface area (TPSA) is 211 Å². The zero-order valence-electron chi connectivity index (χ0n) is 28.7. The summed E-state index contributed by atoms with van der Waals surface area (Å²) in [7, 11) is 0. The van der Waals surface area contributed by atoms with Crippen molar-refractivity contribution in [3.8, 4) is 0 Å². The van der Waals surface area contributed by atoms with Crippen molar-refractivity contribution in [2.45, 2.75) is 107 Å². The molecular formula is C37H53N5O8. The molecule has 2 amide bonds. The van der Waals surface area contributed by atoms with E-state index in [1.54, 1.807) is 0 Å². The zero-order chi connectivity index (χ0) is 36.3. The Morgan fingerprint density at radius 2 is 1.22 bits per heavy atom. The van der Waals surface area contributed by atoms with E-state index < -0.39 is 54.0 Å². The summed E-state index contributed by atoms with van der Waals surface area (Å²) in [5.41, 5.74) is 7.62. The maximum Gasteiger partial charge on any atom is 0.326 e. The first kappa shape index (κ1) is 40.1. The first-order valence-corrected chi connectivity index (χ1v) is 17.7. The third-order valence-electron chi connectivity index (χ3n) is 9.13. The van der Waals surface area contributed by atoms with Crippen molar-refractivity contribution in [2.75, 3.05) is 19.6 Å². The number of nitrogens with two attached hydrogens (primary N) is 1. The molecule has 13 nitrogen and oxygen atoms in total. The van der Waals surface area contributed by atoms with Crippen LogP contribution in [-0.4, -0.2) is 99.8 Å². The monoisotopic (exact) mass is 695 g/mol. The maximum absolute atomic E-state index is 13.7. The molecule has 0 radical (unpaired) electrons. The van der Waals surface area contributed by atoms with Crippen LogP contribution >= 0.6 is 0 Å². The highest BCUT2D eigenvalue weighted by Crippen LogP contribution is 2.21. The van der Waals surface area contributed by atoms with Crippen LogP contribution in [0.5, 0.6) is 0 Å². The smallest absolute Gasteiger partial charge is 0.326 e. The zero-order valence-corrected chi connectivity index (χ0v) is 28.7. The summed E-state index contributed by atoms with van der Waals surface area (Å²) < 4.78 is 0. The molecule has 0 spiro atoms. The number of carboxylic acid groups (broad SMARTS) is 3. The summed E-state index contributed by atoms with van der Waals surface area (Å²) in [4.78, 5) is 64.4. The third-order valence-corrected chi connectivity index (χ3v) is 9.13. The number of benzene rings is 2. The summed E-state index contributed by atoms with van der Waals surface area (Å²) in [6, 6.07) is 14.4. The van der Waals surface area contributed by atoms with Crippen LogP contribution in [0, 0.1) is 0 Å². The molecule has 1 aliphatic heterocycles. The lowest BCUT2D eigenvalue weighted by atomic mass is 10.0. The van der Waals surface area contributed by atoms with Crippen LogP contribution in [0.4, 0.5) is 0 Å². The number of amides is 2. The van der Waals surface area contributed by atoms with E-state index >= 15 is 0 Å². The Labute approximate surface area is 294 Å². The molecule has 274 valence electrons. The Kier molecular flexibility index (Phi) is 17.4. The number of aliphatic carboxylic acids is 3. The van der Waals surface area contributed by atoms with Crippen molar-refractivity contribution in [2.24, 2.45) is 5.73 Å². The number of hydrogen-bond donors (Lipinski definition) is 7. The van der Waals surface area contributed by atoms with Crippen LogP contribution in [0.3, 0.4) is 0 Å². The van der Waals surface area contributed by atoms with E-state index in [-0.39, 0.29) is 31.8 Å². The number of carboxylic acids is 3. The highest BCUT2D eigenvalue weighted by atomic mass is 16.4. The van der Waals surface area contributed by atoms with Crippen molar-refractivity contribution in [3.63, 3.8) is 0 Å². The van der Waals surface area contributed by atoms with E-state index in [9.17, 15) is 39.3 Å². The van der Waals surface area contributed by atoms with Crippen LogP contribution in [0.25, 0.3) is 0 Å². The minimum Gasteiger partial charge on any atom is -0.480 e. The summed E-state index contributed by atoms with van der Waals surface area (Å²) >= 11 is 0. The van der Waals surface area contributed by atoms with Gasteiger partial charge in [-0.15, -0.1) is 0 Å². The van der Waals surface area contributed by atoms with Gasteiger partial charge in [-0.1, -0.05) is 67.1 Å². The van der Waals surface area contributed by atoms with Gasteiger partial charge < -0.3 is 31.3 Å². The van der Waals surface area contributed by atoms with Gasteiger partial charge in [0.1, 0.15) is 18.1 Å². The lowest BCUT2D eigenvalue weighted by Crippen LogP contribution is -2.54. The molecule has 5 atom stereocenters. The van der Waals surface area contributed by atoms with Crippen molar-refractivity contribution < 1.29 is 39.3 Å². The van der Waals surface area contributed by atoms with Gasteiger partial charge >= 0.3 is 17.9 Å². The van der Waals surface area contributed by atoms with E-state index in [2.05, 4.69) is 16.0 Å². The number of hydrogen-bond acceptors (Lipinski definition) is 8. The number of nitrogens with zero attached hydrogens (tertiary/aromatic N) is 1. The standard InChI is InChI=1S/C37H53N5O8/c38-23-9-7-16-28(40-30(35(45)46)21-19-26-12-3-1-4-13-26)33(43)39-24-10-8-17-29(34(44)42-25-11-18-32(42)37(49)50)41-31(36(47)48)22-20-27-14-5-2-6-15-27/h1-6,12-15,28-32,40-41H,7-11,16-25,38H2,(H,39,43)(H,45,46)(H,47,48)(H,49,50)/t28?,29-,30-,31+,32-/m0/s1. The number of nitrogens with one attached hydrogen (secondary N) is 3. The highest BCUT2D eigenvalue weighted by Gasteiger charge is 2.38. The van der Waals surface area contributed by atoms with Gasteiger partial charge in [0.05, 0.1) is 12.1 Å². The SMILES string of the molecule is NCCCCC(N[C@@H](CCc1ccccc1)C(=O)O)C(=O)NCCCC[C@H](N[C@H](CCc1ccccc1)C(=O)O)C(=O)N1CCC[C@H]1C(=O)O. The second kappa shape index (κ2) is 21.7. The van der Waals surface area contributed by atoms with Crippen LogP contribution in [-0.2, 0) is 36.8 Å². The van der Waals surface area contributed by atoms with Crippen molar-refractivity contribution in [1.82, 2.24) is 20.9 Å². The third kappa shape index (κ3) is 13.5. The summed E-state index contributed by atoms with van der Waals surface area (Å²) in [6.45, 7) is 1.000. The minimum atomic E-state index is -1.10. The normalized spacial score (nSPS) is 16.7. The quantitative estimate of drug-likeness (QED) is 0.0794. The second-order valence-corrected chi connectivity index (χ2v) is 12.9. The number of likely N-dealkylation sites (tertiary alicyclic amines) is 1. The van der Waals surface area contributed by atoms with Gasteiger partial charge in [-0.05, 0) is 88.3 Å². The first-order chi connectivity index (χ1) is 24.1. The summed E-state index contributed by atoms with van der Waals surface area (Å²) in [6.07, 6.45) is 5.36. The molecule has 1 fully saturated rings. The molecule has 1 heterocycles. The van der Waals surface area contributed by atoms with Crippen LogP contribution < -0.4 is 21.7 Å². The van der Waals surface area contributed by atoms with Gasteiger partial charge in [0.15, 0.2) is 0 Å². The Hall–Kier alpha value is -4.33. The van der Waals surface area contributed by atoms with Gasteiger partial charge in [-0.3, -0.25) is 29.8 Å². The van der Waals surface area contributed by atoms with E-state index in [4.69, 9.17) is 5.73 Å². The molecule has 1 unspecified atom stereocenters. The molecule has 0 aliphatic carbocycles. The van der Waals surface area contributed by atoms with E-state index in [1.807, 2.05) is 60.7 Å². The Morgan fingerprint density at radius 1 is 0.700 bits per heavy atom. The van der Waals surface area contributed by atoms with Gasteiger partial charge in [-0.2, -0.15) is 0 Å². The summed E-state index contributed by atoms with van der Waals surface area (Å²) in [5, 5.41) is 38.5. The van der Waals surface area contributed by atoms with Gasteiger partial charge in [0.2, 0.25) is 11.8 Å².